The Morgan fingerprint density at radius 3 is 2.53 bits per heavy atom. The van der Waals surface area contributed by atoms with Crippen LogP contribution in [0.2, 0.25) is 0 Å². The monoisotopic (exact) mass is 239 g/mol. The molecule has 1 atom stereocenters. The van der Waals surface area contributed by atoms with E-state index in [-0.39, 0.29) is 0 Å². The topological polar surface area (TPSA) is 32.5 Å². The maximum Gasteiger partial charge on any atom is 0.0108 e. The van der Waals surface area contributed by atoms with Crippen LogP contribution in [0.3, 0.4) is 0 Å². The molecule has 100 valence electrons. The molecule has 0 bridgehead atoms. The standard InChI is InChI=1S/C14H29N3/c1-16-10-3-2-5-13(16)8-11-17(12-9-15)14-6-4-7-14/h13-14H,2-12,15H2,1H3. The average Bonchev–Trinajstić information content (AvgIpc) is 2.25. The average molecular weight is 239 g/mol. The van der Waals surface area contributed by atoms with E-state index < -0.39 is 0 Å². The van der Waals surface area contributed by atoms with E-state index in [0.29, 0.717) is 0 Å². The van der Waals surface area contributed by atoms with Gasteiger partial charge in [-0.2, -0.15) is 0 Å². The third-order valence-electron chi connectivity index (χ3n) is 4.68. The van der Waals surface area contributed by atoms with E-state index in [2.05, 4.69) is 16.8 Å². The fraction of sp³-hybridized carbons (Fsp3) is 1.00. The zero-order valence-corrected chi connectivity index (χ0v) is 11.4. The minimum atomic E-state index is 0.816. The maximum absolute atomic E-state index is 5.73. The first-order valence-corrected chi connectivity index (χ1v) is 7.45. The molecule has 1 aliphatic carbocycles. The summed E-state index contributed by atoms with van der Waals surface area (Å²) in [5.41, 5.74) is 5.73. The minimum Gasteiger partial charge on any atom is -0.329 e. The molecule has 1 saturated carbocycles. The highest BCUT2D eigenvalue weighted by Gasteiger charge is 2.26. The van der Waals surface area contributed by atoms with E-state index >= 15 is 0 Å². The zero-order valence-electron chi connectivity index (χ0n) is 11.4. The highest BCUT2D eigenvalue weighted by Crippen LogP contribution is 2.25. The van der Waals surface area contributed by atoms with Gasteiger partial charge in [-0.3, -0.25) is 4.90 Å². The first-order chi connectivity index (χ1) is 8.31. The molecule has 2 aliphatic rings. The van der Waals surface area contributed by atoms with E-state index in [1.54, 1.807) is 0 Å². The quantitative estimate of drug-likeness (QED) is 0.765. The van der Waals surface area contributed by atoms with Gasteiger partial charge in [0.15, 0.2) is 0 Å². The number of likely N-dealkylation sites (tertiary alicyclic amines) is 1. The number of rotatable bonds is 6. The number of nitrogens with two attached hydrogens (primary N) is 1. The summed E-state index contributed by atoms with van der Waals surface area (Å²) in [6.45, 7) is 4.47. The van der Waals surface area contributed by atoms with Crippen molar-refractivity contribution >= 4 is 0 Å². The van der Waals surface area contributed by atoms with Crippen molar-refractivity contribution in [3.8, 4) is 0 Å². The van der Waals surface area contributed by atoms with Crippen molar-refractivity contribution in [1.29, 1.82) is 0 Å². The van der Waals surface area contributed by atoms with Crippen LogP contribution in [0.15, 0.2) is 0 Å². The molecule has 1 unspecified atom stereocenters. The Hall–Kier alpha value is -0.120. The molecule has 0 aromatic carbocycles. The fourth-order valence-electron chi connectivity index (χ4n) is 3.22. The number of hydrogen-bond donors (Lipinski definition) is 1. The van der Waals surface area contributed by atoms with Gasteiger partial charge in [0.05, 0.1) is 0 Å². The molecule has 1 heterocycles. The largest absolute Gasteiger partial charge is 0.329 e. The Labute approximate surface area is 106 Å². The summed E-state index contributed by atoms with van der Waals surface area (Å²) in [6, 6.07) is 1.68. The van der Waals surface area contributed by atoms with E-state index in [0.717, 1.165) is 25.2 Å². The molecule has 17 heavy (non-hydrogen) atoms. The van der Waals surface area contributed by atoms with Crippen molar-refractivity contribution in [2.45, 2.75) is 57.0 Å². The third-order valence-corrected chi connectivity index (χ3v) is 4.68. The lowest BCUT2D eigenvalue weighted by Crippen LogP contribution is -2.46. The van der Waals surface area contributed by atoms with Gasteiger partial charge in [-0.05, 0) is 52.2 Å². The molecule has 2 rings (SSSR count). The number of hydrogen-bond acceptors (Lipinski definition) is 3. The van der Waals surface area contributed by atoms with Crippen LogP contribution in [0.4, 0.5) is 0 Å². The van der Waals surface area contributed by atoms with Crippen LogP contribution in [0.5, 0.6) is 0 Å². The van der Waals surface area contributed by atoms with E-state index in [9.17, 15) is 0 Å². The maximum atomic E-state index is 5.73. The summed E-state index contributed by atoms with van der Waals surface area (Å²) in [5, 5.41) is 0. The molecule has 3 nitrogen and oxygen atoms in total. The summed E-state index contributed by atoms with van der Waals surface area (Å²) in [5.74, 6) is 0. The second-order valence-corrected chi connectivity index (χ2v) is 5.83. The minimum absolute atomic E-state index is 0.816. The summed E-state index contributed by atoms with van der Waals surface area (Å²) in [4.78, 5) is 5.21. The van der Waals surface area contributed by atoms with Gasteiger partial charge in [0, 0.05) is 25.2 Å². The van der Waals surface area contributed by atoms with Gasteiger partial charge < -0.3 is 10.6 Å². The normalized spacial score (nSPS) is 27.4. The molecule has 1 aliphatic heterocycles. The van der Waals surface area contributed by atoms with Gasteiger partial charge in [-0.15, -0.1) is 0 Å². The molecular weight excluding hydrogens is 210 g/mol. The van der Waals surface area contributed by atoms with Gasteiger partial charge in [-0.1, -0.05) is 12.8 Å². The van der Waals surface area contributed by atoms with Crippen LogP contribution < -0.4 is 5.73 Å². The predicted molar refractivity (Wildman–Crippen MR) is 73.2 cm³/mol. The van der Waals surface area contributed by atoms with Crippen LogP contribution >= 0.6 is 0 Å². The Kier molecular flexibility index (Phi) is 5.26. The van der Waals surface area contributed by atoms with Crippen LogP contribution in [-0.4, -0.2) is 55.1 Å². The lowest BCUT2D eigenvalue weighted by molar-refractivity contribution is 0.103. The van der Waals surface area contributed by atoms with Crippen molar-refractivity contribution in [3.05, 3.63) is 0 Å². The van der Waals surface area contributed by atoms with Gasteiger partial charge in [0.1, 0.15) is 0 Å². The van der Waals surface area contributed by atoms with Crippen LogP contribution in [-0.2, 0) is 0 Å². The second kappa shape index (κ2) is 6.72. The SMILES string of the molecule is CN1CCCCC1CCN(CCN)C1CCC1. The Morgan fingerprint density at radius 1 is 1.12 bits per heavy atom. The molecule has 0 radical (unpaired) electrons. The van der Waals surface area contributed by atoms with Gasteiger partial charge in [0.2, 0.25) is 0 Å². The van der Waals surface area contributed by atoms with Crippen molar-refractivity contribution in [1.82, 2.24) is 9.80 Å². The molecule has 2 N–H and O–H groups in total. The highest BCUT2D eigenvalue weighted by molar-refractivity contribution is 4.82. The van der Waals surface area contributed by atoms with Crippen molar-refractivity contribution in [2.24, 2.45) is 5.73 Å². The first kappa shape index (κ1) is 13.3. The number of nitrogens with zero attached hydrogens (tertiary/aromatic N) is 2. The van der Waals surface area contributed by atoms with E-state index in [1.165, 1.54) is 58.0 Å². The molecular formula is C14H29N3. The summed E-state index contributed by atoms with van der Waals surface area (Å²) in [6.07, 6.45) is 9.79. The van der Waals surface area contributed by atoms with Gasteiger partial charge in [0.25, 0.3) is 0 Å². The predicted octanol–water partition coefficient (Wildman–Crippen LogP) is 1.67. The Morgan fingerprint density at radius 2 is 1.94 bits per heavy atom. The molecule has 3 heteroatoms. The lowest BCUT2D eigenvalue weighted by Gasteiger charge is -2.40. The van der Waals surface area contributed by atoms with E-state index in [1.807, 2.05) is 0 Å². The van der Waals surface area contributed by atoms with Crippen molar-refractivity contribution in [3.63, 3.8) is 0 Å². The van der Waals surface area contributed by atoms with Gasteiger partial charge in [-0.25, -0.2) is 0 Å². The molecule has 2 fully saturated rings. The lowest BCUT2D eigenvalue weighted by atomic mass is 9.90. The molecule has 0 aromatic heterocycles. The Balaban J connectivity index is 1.73. The van der Waals surface area contributed by atoms with Crippen LogP contribution in [0.25, 0.3) is 0 Å². The Bertz CT molecular complexity index is 216. The highest BCUT2D eigenvalue weighted by atomic mass is 15.2. The van der Waals surface area contributed by atoms with E-state index in [4.69, 9.17) is 5.73 Å². The first-order valence-electron chi connectivity index (χ1n) is 7.45. The number of piperidine rings is 1. The molecule has 1 saturated heterocycles. The molecule has 0 spiro atoms. The molecule has 0 aromatic rings. The van der Waals surface area contributed by atoms with Gasteiger partial charge >= 0.3 is 0 Å². The summed E-state index contributed by atoms with van der Waals surface area (Å²) < 4.78 is 0. The fourth-order valence-corrected chi connectivity index (χ4v) is 3.22. The molecule has 0 amide bonds. The van der Waals surface area contributed by atoms with Crippen LogP contribution in [0.1, 0.15) is 44.9 Å². The van der Waals surface area contributed by atoms with Crippen molar-refractivity contribution < 1.29 is 0 Å². The summed E-state index contributed by atoms with van der Waals surface area (Å²) >= 11 is 0. The van der Waals surface area contributed by atoms with Crippen molar-refractivity contribution in [2.75, 3.05) is 33.2 Å². The zero-order chi connectivity index (χ0) is 12.1. The second-order valence-electron chi connectivity index (χ2n) is 5.83. The third kappa shape index (κ3) is 3.67. The smallest absolute Gasteiger partial charge is 0.0108 e. The van der Waals surface area contributed by atoms with Crippen LogP contribution in [0, 0.1) is 0 Å². The summed E-state index contributed by atoms with van der Waals surface area (Å²) in [7, 11) is 2.29.